The Balaban J connectivity index is 1.40. The van der Waals surface area contributed by atoms with Crippen LogP contribution in [0.2, 0.25) is 0 Å². The van der Waals surface area contributed by atoms with Crippen molar-refractivity contribution < 1.29 is 0 Å². The van der Waals surface area contributed by atoms with Crippen molar-refractivity contribution in [2.24, 2.45) is 17.8 Å². The van der Waals surface area contributed by atoms with Crippen molar-refractivity contribution in [2.75, 3.05) is 6.54 Å². The van der Waals surface area contributed by atoms with Gasteiger partial charge >= 0.3 is 0 Å². The summed E-state index contributed by atoms with van der Waals surface area (Å²) in [4.78, 5) is 1.19. The lowest BCUT2D eigenvalue weighted by molar-refractivity contribution is -0.0176. The van der Waals surface area contributed by atoms with E-state index in [0.717, 1.165) is 24.3 Å². The van der Waals surface area contributed by atoms with Gasteiger partial charge in [0.05, 0.1) is 11.4 Å². The van der Waals surface area contributed by atoms with E-state index in [9.17, 15) is 0 Å². The highest BCUT2D eigenvalue weighted by Crippen LogP contribution is 2.55. The predicted molar refractivity (Wildman–Crippen MR) is 80.1 cm³/mol. The van der Waals surface area contributed by atoms with E-state index in [0.29, 0.717) is 5.54 Å². The number of hydrogen-bond acceptors (Lipinski definition) is 2. The van der Waals surface area contributed by atoms with Crippen molar-refractivity contribution in [2.45, 2.75) is 44.1 Å². The number of thiophene rings is 1. The summed E-state index contributed by atoms with van der Waals surface area (Å²) in [6, 6.07) is 4.17. The Morgan fingerprint density at radius 3 is 2.42 bits per heavy atom. The van der Waals surface area contributed by atoms with Crippen molar-refractivity contribution in [3.8, 4) is 11.8 Å². The van der Waals surface area contributed by atoms with Gasteiger partial charge < -0.3 is 5.32 Å². The molecule has 1 N–H and O–H groups in total. The van der Waals surface area contributed by atoms with Gasteiger partial charge in [-0.3, -0.25) is 0 Å². The van der Waals surface area contributed by atoms with E-state index in [4.69, 9.17) is 0 Å². The molecular weight excluding hydrogens is 250 g/mol. The zero-order chi connectivity index (χ0) is 12.7. The first-order valence-electron chi connectivity index (χ1n) is 7.59. The maximum Gasteiger partial charge on any atom is 0.0768 e. The van der Waals surface area contributed by atoms with Gasteiger partial charge in [-0.25, -0.2) is 0 Å². The third-order valence-electron chi connectivity index (χ3n) is 5.32. The average Bonchev–Trinajstić information content (AvgIpc) is 2.86. The zero-order valence-corrected chi connectivity index (χ0v) is 12.1. The fraction of sp³-hybridized carbons (Fsp3) is 0.647. The lowest BCUT2D eigenvalue weighted by atomic mass is 9.53. The summed E-state index contributed by atoms with van der Waals surface area (Å²) in [6.45, 7) is 0.865. The fourth-order valence-electron chi connectivity index (χ4n) is 5.04. The third kappa shape index (κ3) is 2.35. The molecule has 0 aromatic carbocycles. The van der Waals surface area contributed by atoms with Crippen LogP contribution in [0.3, 0.4) is 0 Å². The van der Waals surface area contributed by atoms with Gasteiger partial charge in [0.2, 0.25) is 0 Å². The molecule has 1 aromatic rings. The van der Waals surface area contributed by atoms with Crippen LogP contribution in [0.5, 0.6) is 0 Å². The molecule has 0 unspecified atom stereocenters. The second-order valence-electron chi connectivity index (χ2n) is 6.83. The molecule has 100 valence electrons. The van der Waals surface area contributed by atoms with E-state index >= 15 is 0 Å². The van der Waals surface area contributed by atoms with Gasteiger partial charge in [-0.15, -0.1) is 11.3 Å². The van der Waals surface area contributed by atoms with E-state index in [1.54, 1.807) is 11.3 Å². The number of rotatable bonds is 2. The highest BCUT2D eigenvalue weighted by Gasteiger charge is 2.50. The molecule has 0 radical (unpaired) electrons. The van der Waals surface area contributed by atoms with Crippen LogP contribution >= 0.6 is 11.3 Å². The summed E-state index contributed by atoms with van der Waals surface area (Å²) in [5, 5.41) is 5.91. The third-order valence-corrected chi connectivity index (χ3v) is 6.11. The van der Waals surface area contributed by atoms with E-state index < -0.39 is 0 Å². The van der Waals surface area contributed by atoms with Gasteiger partial charge in [0.15, 0.2) is 0 Å². The molecule has 0 amide bonds. The van der Waals surface area contributed by atoms with E-state index in [1.807, 2.05) is 0 Å². The second kappa shape index (κ2) is 4.65. The van der Waals surface area contributed by atoms with Crippen LogP contribution in [0.4, 0.5) is 0 Å². The van der Waals surface area contributed by atoms with E-state index in [-0.39, 0.29) is 0 Å². The van der Waals surface area contributed by atoms with E-state index in [1.165, 1.54) is 43.4 Å². The minimum atomic E-state index is 0.457. The molecule has 4 aliphatic rings. The fourth-order valence-corrected chi connectivity index (χ4v) is 5.63. The van der Waals surface area contributed by atoms with Crippen molar-refractivity contribution in [3.05, 3.63) is 22.4 Å². The highest BCUT2D eigenvalue weighted by atomic mass is 32.1. The van der Waals surface area contributed by atoms with Crippen molar-refractivity contribution >= 4 is 11.3 Å². The summed E-state index contributed by atoms with van der Waals surface area (Å²) < 4.78 is 0. The Hall–Kier alpha value is -0.780. The average molecular weight is 271 g/mol. The van der Waals surface area contributed by atoms with Gasteiger partial charge in [0, 0.05) is 5.54 Å². The minimum Gasteiger partial charge on any atom is -0.301 e. The van der Waals surface area contributed by atoms with Gasteiger partial charge in [0.25, 0.3) is 0 Å². The standard InChI is InChI=1S/C17H21NS/c1(3-16-4-2-6-19-16)5-18-17-10-13-7-14(11-17)9-15(8-13)12-17/h2,4,6,13-15,18H,5,7-12H2. The molecule has 5 rings (SSSR count). The Kier molecular flexibility index (Phi) is 2.94. The summed E-state index contributed by atoms with van der Waals surface area (Å²) >= 11 is 1.73. The first kappa shape index (κ1) is 12.0. The molecule has 4 saturated carbocycles. The zero-order valence-electron chi connectivity index (χ0n) is 11.3. The molecule has 4 fully saturated rings. The van der Waals surface area contributed by atoms with Gasteiger partial charge in [-0.1, -0.05) is 17.9 Å². The van der Waals surface area contributed by atoms with Crippen molar-refractivity contribution in [3.63, 3.8) is 0 Å². The predicted octanol–water partition coefficient (Wildman–Crippen LogP) is 3.66. The van der Waals surface area contributed by atoms with Crippen LogP contribution in [0.15, 0.2) is 17.5 Å². The largest absolute Gasteiger partial charge is 0.301 e. The Morgan fingerprint density at radius 1 is 1.16 bits per heavy atom. The molecule has 0 saturated heterocycles. The SMILES string of the molecule is C(#Cc1cccs1)CNC12CC3CC(CC(C3)C1)C2. The van der Waals surface area contributed by atoms with Gasteiger partial charge in [-0.2, -0.15) is 0 Å². The Labute approximate surface area is 119 Å². The van der Waals surface area contributed by atoms with E-state index in [2.05, 4.69) is 34.7 Å². The monoisotopic (exact) mass is 271 g/mol. The Bertz CT molecular complexity index is 470. The van der Waals surface area contributed by atoms with Gasteiger partial charge in [-0.05, 0) is 67.7 Å². The van der Waals surface area contributed by atoms with Crippen LogP contribution in [0.25, 0.3) is 0 Å². The molecule has 0 aliphatic heterocycles. The van der Waals surface area contributed by atoms with Crippen molar-refractivity contribution in [1.29, 1.82) is 0 Å². The lowest BCUT2D eigenvalue weighted by Crippen LogP contribution is -2.58. The molecule has 4 bridgehead atoms. The first-order chi connectivity index (χ1) is 9.31. The number of nitrogens with one attached hydrogen (secondary N) is 1. The maximum absolute atomic E-state index is 3.82. The second-order valence-corrected chi connectivity index (χ2v) is 7.78. The molecule has 0 atom stereocenters. The summed E-state index contributed by atoms with van der Waals surface area (Å²) in [7, 11) is 0. The molecule has 1 nitrogen and oxygen atoms in total. The van der Waals surface area contributed by atoms with Crippen molar-refractivity contribution in [1.82, 2.24) is 5.32 Å². The lowest BCUT2D eigenvalue weighted by Gasteiger charge is -2.57. The summed E-state index contributed by atoms with van der Waals surface area (Å²) in [5.41, 5.74) is 0.457. The molecule has 2 heteroatoms. The van der Waals surface area contributed by atoms with Crippen LogP contribution in [0, 0.1) is 29.6 Å². The smallest absolute Gasteiger partial charge is 0.0768 e. The molecular formula is C17H21NS. The number of hydrogen-bond donors (Lipinski definition) is 1. The quantitative estimate of drug-likeness (QED) is 0.810. The maximum atomic E-state index is 3.82. The summed E-state index contributed by atoms with van der Waals surface area (Å²) in [5.74, 6) is 9.63. The first-order valence-corrected chi connectivity index (χ1v) is 8.47. The molecule has 1 heterocycles. The van der Waals surface area contributed by atoms with Crippen LogP contribution < -0.4 is 5.32 Å². The van der Waals surface area contributed by atoms with Crippen LogP contribution in [-0.2, 0) is 0 Å². The van der Waals surface area contributed by atoms with Crippen LogP contribution in [-0.4, -0.2) is 12.1 Å². The normalized spacial score (nSPS) is 39.1. The summed E-state index contributed by atoms with van der Waals surface area (Å²) in [6.07, 6.45) is 8.80. The topological polar surface area (TPSA) is 12.0 Å². The van der Waals surface area contributed by atoms with Crippen LogP contribution in [0.1, 0.15) is 43.4 Å². The highest BCUT2D eigenvalue weighted by molar-refractivity contribution is 7.10. The molecule has 1 aromatic heterocycles. The Morgan fingerprint density at radius 2 is 1.84 bits per heavy atom. The molecule has 4 aliphatic carbocycles. The minimum absolute atomic E-state index is 0.457. The van der Waals surface area contributed by atoms with Gasteiger partial charge in [0.1, 0.15) is 0 Å². The molecule has 0 spiro atoms. The molecule has 19 heavy (non-hydrogen) atoms.